The molecule has 0 radical (unpaired) electrons. The monoisotopic (exact) mass is 709 g/mol. The number of nitrogens with zero attached hydrogens (tertiary/aromatic N) is 2. The van der Waals surface area contributed by atoms with Crippen LogP contribution in [0.4, 0.5) is 0 Å². The fraction of sp³-hybridized carbons (Fsp3) is 0.394. The topological polar surface area (TPSA) is 242 Å². The molecule has 2 aromatic heterocycles. The summed E-state index contributed by atoms with van der Waals surface area (Å²) in [6.45, 7) is 4.83. The number of fused-ring (bicyclic) bond motifs is 6. The number of hydrogen-bond acceptors (Lipinski definition) is 13. The minimum absolute atomic E-state index is 0.000865. The normalized spacial score (nSPS) is 18.0. The predicted molar refractivity (Wildman–Crippen MR) is 178 cm³/mol. The number of esters is 1. The second-order valence-corrected chi connectivity index (χ2v) is 13.2. The van der Waals surface area contributed by atoms with Gasteiger partial charge in [-0.15, -0.1) is 0 Å². The molecular weight excluding hydrogens is 674 g/mol. The summed E-state index contributed by atoms with van der Waals surface area (Å²) in [5.41, 5.74) is 6.94. The summed E-state index contributed by atoms with van der Waals surface area (Å²) >= 11 is 1.35. The number of benzene rings is 1. The van der Waals surface area contributed by atoms with Crippen LogP contribution >= 0.6 is 11.8 Å². The van der Waals surface area contributed by atoms with Crippen molar-refractivity contribution in [3.05, 3.63) is 63.1 Å². The Kier molecular flexibility index (Phi) is 9.48. The molecule has 0 spiro atoms. The second kappa shape index (κ2) is 13.6. The Morgan fingerprint density at radius 1 is 1.14 bits per heavy atom. The number of aliphatic carboxylic acids is 2. The van der Waals surface area contributed by atoms with Crippen LogP contribution in [-0.2, 0) is 48.4 Å². The van der Waals surface area contributed by atoms with Gasteiger partial charge in [-0.2, -0.15) is 11.8 Å². The number of carboxylic acids is 2. The van der Waals surface area contributed by atoms with Crippen LogP contribution in [0.15, 0.2) is 35.3 Å². The molecule has 3 atom stereocenters. The number of cyclic esters (lactones) is 1. The third-order valence-electron chi connectivity index (χ3n) is 9.01. The zero-order valence-electron chi connectivity index (χ0n) is 26.9. The molecular formula is C33H35N5O11S. The molecule has 3 aliphatic rings. The van der Waals surface area contributed by atoms with Gasteiger partial charge >= 0.3 is 17.9 Å². The smallest absolute Gasteiger partial charge is 0.343 e. The van der Waals surface area contributed by atoms with E-state index in [-0.39, 0.29) is 56.1 Å². The molecule has 50 heavy (non-hydrogen) atoms. The van der Waals surface area contributed by atoms with Crippen molar-refractivity contribution < 1.29 is 48.7 Å². The van der Waals surface area contributed by atoms with Crippen LogP contribution in [0, 0.1) is 0 Å². The maximum atomic E-state index is 13.8. The summed E-state index contributed by atoms with van der Waals surface area (Å²) in [5, 5.41) is 35.6. The maximum absolute atomic E-state index is 13.8. The van der Waals surface area contributed by atoms with Gasteiger partial charge in [0, 0.05) is 39.8 Å². The predicted octanol–water partition coefficient (Wildman–Crippen LogP) is 0.906. The van der Waals surface area contributed by atoms with Crippen LogP contribution in [-0.4, -0.2) is 79.9 Å². The Morgan fingerprint density at radius 3 is 2.58 bits per heavy atom. The number of carboxylic acid groups (broad SMARTS) is 2. The number of rotatable bonds is 14. The first kappa shape index (κ1) is 34.7. The molecule has 0 fully saturated rings. The molecule has 17 heteroatoms. The van der Waals surface area contributed by atoms with E-state index in [0.29, 0.717) is 39.9 Å². The molecule has 0 unspecified atom stereocenters. The van der Waals surface area contributed by atoms with E-state index in [0.717, 1.165) is 16.5 Å². The van der Waals surface area contributed by atoms with E-state index >= 15 is 0 Å². The Labute approximate surface area is 288 Å². The van der Waals surface area contributed by atoms with Gasteiger partial charge in [-0.25, -0.2) is 9.78 Å². The average Bonchev–Trinajstić information content (AvgIpc) is 3.70. The highest BCUT2D eigenvalue weighted by molar-refractivity contribution is 7.98. The molecule has 0 aliphatic carbocycles. The number of allylic oxidation sites excluding steroid dienone is 1. The van der Waals surface area contributed by atoms with E-state index < -0.39 is 53.6 Å². The van der Waals surface area contributed by atoms with E-state index in [1.165, 1.54) is 16.3 Å². The van der Waals surface area contributed by atoms with E-state index in [1.807, 2.05) is 6.07 Å². The van der Waals surface area contributed by atoms with E-state index in [4.69, 9.17) is 35.1 Å². The molecule has 0 bridgehead atoms. The summed E-state index contributed by atoms with van der Waals surface area (Å²) in [6.07, 6.45) is 0.235. The lowest BCUT2D eigenvalue weighted by atomic mass is 9.86. The van der Waals surface area contributed by atoms with Crippen molar-refractivity contribution in [2.24, 2.45) is 5.73 Å². The van der Waals surface area contributed by atoms with E-state index in [9.17, 15) is 29.1 Å². The van der Waals surface area contributed by atoms with Crippen molar-refractivity contribution in [2.45, 2.75) is 62.8 Å². The number of thioether (sulfide) groups is 1. The Hall–Kier alpha value is -5.13. The van der Waals surface area contributed by atoms with Gasteiger partial charge in [0.15, 0.2) is 17.1 Å². The van der Waals surface area contributed by atoms with E-state index in [2.05, 4.69) is 17.2 Å². The molecule has 0 saturated carbocycles. The van der Waals surface area contributed by atoms with Crippen LogP contribution in [0.1, 0.15) is 48.4 Å². The molecule has 1 amide bonds. The van der Waals surface area contributed by atoms with Crippen molar-refractivity contribution in [3.8, 4) is 22.9 Å². The highest BCUT2D eigenvalue weighted by atomic mass is 32.2. The Balaban J connectivity index is 1.34. The molecule has 264 valence electrons. The number of pyridine rings is 2. The van der Waals surface area contributed by atoms with Crippen LogP contribution in [0.25, 0.3) is 22.3 Å². The van der Waals surface area contributed by atoms with Crippen molar-refractivity contribution >= 4 is 46.5 Å². The SMILES string of the molecule is C=C(CC[C@H](N)C(=O)O)N[C@@H](CSCc1c2c(nc3cc4c(cc13)OCO4)-c1cc3c(c(=O)n1C2)COC(=O)[C@]3(O)CC)C(=O)NCC(=O)O. The molecule has 3 aromatic rings. The summed E-state index contributed by atoms with van der Waals surface area (Å²) in [4.78, 5) is 66.8. The van der Waals surface area contributed by atoms with Gasteiger partial charge in [-0.05, 0) is 37.0 Å². The lowest BCUT2D eigenvalue weighted by molar-refractivity contribution is -0.172. The minimum atomic E-state index is -1.99. The van der Waals surface area contributed by atoms with Crippen molar-refractivity contribution in [1.29, 1.82) is 0 Å². The summed E-state index contributed by atoms with van der Waals surface area (Å²) in [5.74, 6) is -2.35. The largest absolute Gasteiger partial charge is 0.480 e. The van der Waals surface area contributed by atoms with Gasteiger partial charge in [0.25, 0.3) is 5.56 Å². The molecule has 1 aromatic carbocycles. The minimum Gasteiger partial charge on any atom is -0.480 e. The van der Waals surface area contributed by atoms with Gasteiger partial charge in [0.05, 0.1) is 29.0 Å². The zero-order chi connectivity index (χ0) is 35.9. The average molecular weight is 710 g/mol. The first-order valence-electron chi connectivity index (χ1n) is 15.7. The zero-order valence-corrected chi connectivity index (χ0v) is 27.8. The summed E-state index contributed by atoms with van der Waals surface area (Å²) in [7, 11) is 0. The number of amides is 1. The van der Waals surface area contributed by atoms with Gasteiger partial charge in [-0.1, -0.05) is 13.5 Å². The third-order valence-corrected chi connectivity index (χ3v) is 10.1. The Morgan fingerprint density at radius 2 is 1.88 bits per heavy atom. The van der Waals surface area contributed by atoms with Gasteiger partial charge in [0.2, 0.25) is 12.7 Å². The molecule has 3 aliphatic heterocycles. The fourth-order valence-electron chi connectivity index (χ4n) is 6.24. The molecule has 6 rings (SSSR count). The first-order chi connectivity index (χ1) is 23.8. The van der Waals surface area contributed by atoms with Crippen LogP contribution in [0.3, 0.4) is 0 Å². The number of aromatic nitrogens is 2. The highest BCUT2D eigenvalue weighted by Gasteiger charge is 2.45. The van der Waals surface area contributed by atoms with Crippen LogP contribution in [0.5, 0.6) is 11.5 Å². The van der Waals surface area contributed by atoms with Crippen molar-refractivity contribution in [3.63, 3.8) is 0 Å². The van der Waals surface area contributed by atoms with Crippen molar-refractivity contribution in [2.75, 3.05) is 19.1 Å². The lowest BCUT2D eigenvalue weighted by Crippen LogP contribution is -2.47. The fourth-order valence-corrected chi connectivity index (χ4v) is 7.36. The molecule has 0 saturated heterocycles. The standard InChI is InChI=1S/C33H35N5O11S/c1-3-33(46)20-7-24-28-17(10-38(24)30(42)18(20)11-47-32(33)45)19(16-6-25-26(49-14-48-25)8-22(16)37-28)12-50-13-23(29(41)35-9-27(39)40)36-15(2)4-5-21(34)31(43)44/h6-8,21,23,36,46H,2-5,9-14,34H2,1H3,(H,35,41)(H,39,40)(H,43,44)/t21-,23-,33-/m0/s1. The number of carbonyl (C=O) groups is 4. The molecule has 16 nitrogen and oxygen atoms in total. The van der Waals surface area contributed by atoms with Gasteiger partial charge in [-0.3, -0.25) is 19.2 Å². The quantitative estimate of drug-likeness (QED) is 0.0997. The summed E-state index contributed by atoms with van der Waals surface area (Å²) < 4.78 is 18.0. The number of nitrogens with two attached hydrogens (primary N) is 1. The highest BCUT2D eigenvalue weighted by Crippen LogP contribution is 2.44. The second-order valence-electron chi connectivity index (χ2n) is 12.2. The molecule has 7 N–H and O–H groups in total. The maximum Gasteiger partial charge on any atom is 0.343 e. The number of carbonyl (C=O) groups excluding carboxylic acids is 2. The van der Waals surface area contributed by atoms with E-state index in [1.54, 1.807) is 19.1 Å². The Bertz CT molecular complexity index is 2010. The van der Waals surface area contributed by atoms with Gasteiger partial charge < -0.3 is 50.5 Å². The van der Waals surface area contributed by atoms with Crippen molar-refractivity contribution in [1.82, 2.24) is 20.2 Å². The van der Waals surface area contributed by atoms with Gasteiger partial charge in [0.1, 0.15) is 25.2 Å². The first-order valence-corrected chi connectivity index (χ1v) is 16.9. The number of aliphatic hydroxyl groups is 1. The van der Waals surface area contributed by atoms with Crippen LogP contribution in [0.2, 0.25) is 0 Å². The third kappa shape index (κ3) is 6.34. The van der Waals surface area contributed by atoms with Crippen LogP contribution < -0.4 is 31.4 Å². The summed E-state index contributed by atoms with van der Waals surface area (Å²) in [6, 6.07) is 3.12. The number of hydrogen-bond donors (Lipinski definition) is 6. The lowest BCUT2D eigenvalue weighted by Gasteiger charge is -2.31. The number of nitrogens with one attached hydrogen (secondary N) is 2. The molecule has 5 heterocycles. The number of ether oxygens (including phenoxy) is 3.